The minimum Gasteiger partial charge on any atom is -0.346 e. The van der Waals surface area contributed by atoms with Crippen molar-refractivity contribution >= 4 is 17.1 Å². The molecule has 0 aliphatic carbocycles. The van der Waals surface area contributed by atoms with Crippen LogP contribution in [0, 0.1) is 11.3 Å². The van der Waals surface area contributed by atoms with Gasteiger partial charge in [-0.05, 0) is 23.8 Å². The van der Waals surface area contributed by atoms with E-state index < -0.39 is 0 Å². The molecule has 0 fully saturated rings. The van der Waals surface area contributed by atoms with Crippen molar-refractivity contribution in [2.24, 2.45) is 0 Å². The van der Waals surface area contributed by atoms with Crippen LogP contribution in [-0.4, -0.2) is 9.97 Å². The molecule has 2 aromatic rings. The number of hydrogen-bond donors (Lipinski definition) is 1. The van der Waals surface area contributed by atoms with Crippen LogP contribution in [-0.2, 0) is 0 Å². The van der Waals surface area contributed by atoms with Crippen LogP contribution in [0.25, 0.3) is 17.1 Å². The molecule has 0 aliphatic heterocycles. The van der Waals surface area contributed by atoms with Gasteiger partial charge in [0.2, 0.25) is 0 Å². The van der Waals surface area contributed by atoms with Gasteiger partial charge in [-0.15, -0.1) is 0 Å². The predicted molar refractivity (Wildman–Crippen MR) is 50.7 cm³/mol. The Hall–Kier alpha value is -2.08. The molecule has 2 rings (SSSR count). The number of aromatic amines is 1. The number of pyridine rings is 1. The number of allylic oxidation sites excluding steroid dienone is 1. The summed E-state index contributed by atoms with van der Waals surface area (Å²) in [7, 11) is 0. The van der Waals surface area contributed by atoms with Crippen LogP contribution < -0.4 is 0 Å². The molecule has 3 nitrogen and oxygen atoms in total. The Morgan fingerprint density at radius 3 is 3.23 bits per heavy atom. The Morgan fingerprint density at radius 1 is 1.46 bits per heavy atom. The normalized spacial score (nSPS) is 10.7. The fraction of sp³-hybridized carbons (Fsp3) is 0. The maximum Gasteiger partial charge on any atom is 0.137 e. The minimum atomic E-state index is 0.847. The molecule has 1 N–H and O–H groups in total. The van der Waals surface area contributed by atoms with Gasteiger partial charge in [0, 0.05) is 23.9 Å². The monoisotopic (exact) mass is 169 g/mol. The number of hydrogen-bond acceptors (Lipinski definition) is 2. The van der Waals surface area contributed by atoms with Crippen molar-refractivity contribution in [3.05, 3.63) is 36.2 Å². The van der Waals surface area contributed by atoms with E-state index in [9.17, 15) is 0 Å². The average molecular weight is 169 g/mol. The first-order chi connectivity index (χ1) is 6.42. The Bertz CT molecular complexity index is 488. The Kier molecular flexibility index (Phi) is 1.81. The molecular formula is C10H7N3. The molecule has 0 atom stereocenters. The van der Waals surface area contributed by atoms with Gasteiger partial charge in [-0.3, -0.25) is 0 Å². The molecule has 0 radical (unpaired) electrons. The van der Waals surface area contributed by atoms with Gasteiger partial charge in [0.1, 0.15) is 5.65 Å². The first-order valence-corrected chi connectivity index (χ1v) is 3.90. The van der Waals surface area contributed by atoms with E-state index in [4.69, 9.17) is 5.26 Å². The zero-order chi connectivity index (χ0) is 9.10. The Balaban J connectivity index is 2.62. The molecule has 62 valence electrons. The number of nitrogens with zero attached hydrogens (tertiary/aromatic N) is 2. The fourth-order valence-corrected chi connectivity index (χ4v) is 1.25. The van der Waals surface area contributed by atoms with Crippen LogP contribution in [0.4, 0.5) is 0 Å². The molecule has 0 saturated heterocycles. The van der Waals surface area contributed by atoms with E-state index in [-0.39, 0.29) is 0 Å². The van der Waals surface area contributed by atoms with Crippen LogP contribution in [0.3, 0.4) is 0 Å². The lowest BCUT2D eigenvalue weighted by Gasteiger charge is -1.93. The maximum absolute atomic E-state index is 8.39. The lowest BCUT2D eigenvalue weighted by Crippen LogP contribution is -1.78. The maximum atomic E-state index is 8.39. The molecule has 2 heterocycles. The van der Waals surface area contributed by atoms with Crippen molar-refractivity contribution < 1.29 is 0 Å². The van der Waals surface area contributed by atoms with Crippen LogP contribution in [0.2, 0.25) is 0 Å². The molecule has 3 heteroatoms. The minimum absolute atomic E-state index is 0.847. The van der Waals surface area contributed by atoms with E-state index in [0.717, 1.165) is 16.6 Å². The number of rotatable bonds is 1. The topological polar surface area (TPSA) is 52.5 Å². The number of nitrogens with one attached hydrogen (secondary N) is 1. The van der Waals surface area contributed by atoms with E-state index in [0.29, 0.717) is 0 Å². The molecular weight excluding hydrogens is 162 g/mol. The summed E-state index contributed by atoms with van der Waals surface area (Å²) in [6.45, 7) is 0. The van der Waals surface area contributed by atoms with Gasteiger partial charge in [0.05, 0.1) is 6.07 Å². The van der Waals surface area contributed by atoms with E-state index in [2.05, 4.69) is 9.97 Å². The first-order valence-electron chi connectivity index (χ1n) is 3.90. The number of H-pyrrole nitrogens is 1. The highest BCUT2D eigenvalue weighted by atomic mass is 14.8. The molecule has 2 aromatic heterocycles. The molecule has 13 heavy (non-hydrogen) atoms. The fourth-order valence-electron chi connectivity index (χ4n) is 1.25. The molecule has 0 unspecified atom stereocenters. The molecule has 0 bridgehead atoms. The lowest BCUT2D eigenvalue weighted by molar-refractivity contribution is 1.32. The molecule has 0 spiro atoms. The van der Waals surface area contributed by atoms with E-state index in [1.807, 2.05) is 24.4 Å². The smallest absolute Gasteiger partial charge is 0.137 e. The molecule has 0 saturated carbocycles. The Morgan fingerprint density at radius 2 is 2.38 bits per heavy atom. The summed E-state index contributed by atoms with van der Waals surface area (Å²) in [4.78, 5) is 7.15. The summed E-state index contributed by atoms with van der Waals surface area (Å²) in [5.41, 5.74) is 1.85. The summed E-state index contributed by atoms with van der Waals surface area (Å²) < 4.78 is 0. The van der Waals surface area contributed by atoms with Crippen LogP contribution in [0.15, 0.2) is 30.6 Å². The van der Waals surface area contributed by atoms with Crippen LogP contribution in [0.5, 0.6) is 0 Å². The summed E-state index contributed by atoms with van der Waals surface area (Å²) in [5.74, 6) is 0. The van der Waals surface area contributed by atoms with Crippen LogP contribution in [0.1, 0.15) is 5.56 Å². The summed E-state index contributed by atoms with van der Waals surface area (Å²) in [6.07, 6.45) is 6.79. The third kappa shape index (κ3) is 1.30. The first kappa shape index (κ1) is 7.56. The average Bonchev–Trinajstić information content (AvgIpc) is 2.62. The van der Waals surface area contributed by atoms with Gasteiger partial charge in [-0.1, -0.05) is 0 Å². The van der Waals surface area contributed by atoms with E-state index in [1.54, 1.807) is 12.3 Å². The van der Waals surface area contributed by atoms with E-state index in [1.165, 1.54) is 6.08 Å². The lowest BCUT2D eigenvalue weighted by atomic mass is 10.2. The van der Waals surface area contributed by atoms with E-state index >= 15 is 0 Å². The van der Waals surface area contributed by atoms with Gasteiger partial charge in [-0.2, -0.15) is 5.26 Å². The number of fused-ring (bicyclic) bond motifs is 1. The third-order valence-electron chi connectivity index (χ3n) is 1.83. The van der Waals surface area contributed by atoms with Gasteiger partial charge in [0.15, 0.2) is 0 Å². The van der Waals surface area contributed by atoms with Crippen molar-refractivity contribution in [1.82, 2.24) is 9.97 Å². The number of nitriles is 1. The predicted octanol–water partition coefficient (Wildman–Crippen LogP) is 2.10. The third-order valence-corrected chi connectivity index (χ3v) is 1.83. The van der Waals surface area contributed by atoms with Gasteiger partial charge >= 0.3 is 0 Å². The SMILES string of the molecule is N#CC=Cc1ccnc2[nH]ccc12. The molecule has 0 aliphatic rings. The largest absolute Gasteiger partial charge is 0.346 e. The second kappa shape index (κ2) is 3.11. The zero-order valence-electron chi connectivity index (χ0n) is 6.86. The second-order valence-electron chi connectivity index (χ2n) is 2.60. The van der Waals surface area contributed by atoms with Gasteiger partial charge < -0.3 is 4.98 Å². The summed E-state index contributed by atoms with van der Waals surface area (Å²) in [6, 6.07) is 5.78. The Labute approximate surface area is 75.3 Å². The molecule has 0 amide bonds. The standard InChI is InChI=1S/C10H7N3/c11-5-1-2-8-3-6-12-10-9(8)4-7-13-10/h1-4,6-7H,(H,12,13). The number of aromatic nitrogens is 2. The highest BCUT2D eigenvalue weighted by Gasteiger charge is 1.97. The van der Waals surface area contributed by atoms with Crippen molar-refractivity contribution in [1.29, 1.82) is 5.26 Å². The van der Waals surface area contributed by atoms with Crippen molar-refractivity contribution in [2.75, 3.05) is 0 Å². The van der Waals surface area contributed by atoms with Crippen molar-refractivity contribution in [2.45, 2.75) is 0 Å². The summed E-state index contributed by atoms with van der Waals surface area (Å²) >= 11 is 0. The second-order valence-corrected chi connectivity index (χ2v) is 2.60. The summed E-state index contributed by atoms with van der Waals surface area (Å²) in [5, 5.41) is 9.43. The van der Waals surface area contributed by atoms with Crippen LogP contribution >= 0.6 is 0 Å². The van der Waals surface area contributed by atoms with Gasteiger partial charge in [0.25, 0.3) is 0 Å². The quantitative estimate of drug-likeness (QED) is 0.664. The van der Waals surface area contributed by atoms with Crippen molar-refractivity contribution in [3.63, 3.8) is 0 Å². The highest BCUT2D eigenvalue weighted by Crippen LogP contribution is 2.15. The van der Waals surface area contributed by atoms with Crippen molar-refractivity contribution in [3.8, 4) is 6.07 Å². The zero-order valence-corrected chi connectivity index (χ0v) is 6.86. The molecule has 0 aromatic carbocycles. The highest BCUT2D eigenvalue weighted by molar-refractivity contribution is 5.85. The van der Waals surface area contributed by atoms with Gasteiger partial charge in [-0.25, -0.2) is 4.98 Å².